The summed E-state index contributed by atoms with van der Waals surface area (Å²) in [5.41, 5.74) is 0.966. The number of carbonyl (C=O) groups excluding carboxylic acids is 2. The van der Waals surface area contributed by atoms with Gasteiger partial charge in [-0.1, -0.05) is 13.0 Å². The maximum Gasteiger partial charge on any atom is 0.252 e. The Labute approximate surface area is 175 Å². The molecule has 0 atom stereocenters. The summed E-state index contributed by atoms with van der Waals surface area (Å²) >= 11 is 1.18. The third kappa shape index (κ3) is 5.43. The molecular formula is C20H25N3O4S2. The molecule has 2 N–H and O–H groups in total. The van der Waals surface area contributed by atoms with E-state index in [0.717, 1.165) is 17.7 Å². The molecule has 0 saturated carbocycles. The van der Waals surface area contributed by atoms with Crippen LogP contribution in [0.25, 0.3) is 0 Å². The van der Waals surface area contributed by atoms with Gasteiger partial charge in [-0.2, -0.15) is 4.31 Å². The van der Waals surface area contributed by atoms with Gasteiger partial charge in [-0.15, -0.1) is 11.3 Å². The van der Waals surface area contributed by atoms with Crippen LogP contribution in [-0.2, 0) is 21.4 Å². The molecule has 0 unspecified atom stereocenters. The van der Waals surface area contributed by atoms with Gasteiger partial charge >= 0.3 is 0 Å². The predicted molar refractivity (Wildman–Crippen MR) is 113 cm³/mol. The molecule has 3 rings (SSSR count). The second kappa shape index (κ2) is 9.06. The van der Waals surface area contributed by atoms with Crippen molar-refractivity contribution in [2.45, 2.75) is 37.4 Å². The molecule has 2 heterocycles. The van der Waals surface area contributed by atoms with Crippen molar-refractivity contribution in [3.63, 3.8) is 0 Å². The number of amides is 2. The van der Waals surface area contributed by atoms with E-state index in [1.807, 2.05) is 0 Å². The van der Waals surface area contributed by atoms with E-state index in [-0.39, 0.29) is 18.4 Å². The number of hydrogen-bond acceptors (Lipinski definition) is 5. The van der Waals surface area contributed by atoms with E-state index in [0.29, 0.717) is 34.5 Å². The first-order valence-electron chi connectivity index (χ1n) is 9.50. The first-order valence-corrected chi connectivity index (χ1v) is 11.8. The Bertz CT molecular complexity index is 993. The summed E-state index contributed by atoms with van der Waals surface area (Å²) in [4.78, 5) is 24.3. The molecule has 1 aromatic carbocycles. The maximum atomic E-state index is 12.8. The molecule has 0 spiro atoms. The lowest BCUT2D eigenvalue weighted by molar-refractivity contribution is -0.114. The van der Waals surface area contributed by atoms with Crippen molar-refractivity contribution in [2.24, 2.45) is 5.92 Å². The number of benzene rings is 1. The fourth-order valence-corrected chi connectivity index (χ4v) is 6.07. The van der Waals surface area contributed by atoms with E-state index in [1.54, 1.807) is 40.7 Å². The zero-order valence-corrected chi connectivity index (χ0v) is 18.1. The van der Waals surface area contributed by atoms with Gasteiger partial charge in [0.2, 0.25) is 5.91 Å². The van der Waals surface area contributed by atoms with E-state index < -0.39 is 10.0 Å². The lowest BCUT2D eigenvalue weighted by atomic mass is 10.0. The SMILES string of the molecule is CC(=O)Nc1cccc(C(=O)NCc2ccc(S(=O)(=O)N3CCC(C)CC3)s2)c1. The number of nitrogens with zero attached hydrogens (tertiary/aromatic N) is 1. The van der Waals surface area contributed by atoms with Crippen LogP contribution in [0, 0.1) is 5.92 Å². The highest BCUT2D eigenvalue weighted by Gasteiger charge is 2.29. The van der Waals surface area contributed by atoms with Crippen LogP contribution in [0.5, 0.6) is 0 Å². The molecule has 0 bridgehead atoms. The van der Waals surface area contributed by atoms with Gasteiger partial charge in [0.1, 0.15) is 4.21 Å². The van der Waals surface area contributed by atoms with Crippen LogP contribution in [-0.4, -0.2) is 37.6 Å². The van der Waals surface area contributed by atoms with E-state index in [4.69, 9.17) is 0 Å². The average Bonchev–Trinajstić information content (AvgIpc) is 3.16. The van der Waals surface area contributed by atoms with Crippen molar-refractivity contribution in [3.8, 4) is 0 Å². The lowest BCUT2D eigenvalue weighted by Crippen LogP contribution is -2.37. The minimum Gasteiger partial charge on any atom is -0.347 e. The summed E-state index contributed by atoms with van der Waals surface area (Å²) in [6.45, 7) is 4.89. The van der Waals surface area contributed by atoms with Crippen molar-refractivity contribution in [3.05, 3.63) is 46.8 Å². The zero-order chi connectivity index (χ0) is 21.0. The molecule has 0 aliphatic carbocycles. The summed E-state index contributed by atoms with van der Waals surface area (Å²) in [7, 11) is -3.47. The van der Waals surface area contributed by atoms with Gasteiger partial charge in [0.15, 0.2) is 0 Å². The third-order valence-corrected chi connectivity index (χ3v) is 8.29. The van der Waals surface area contributed by atoms with Crippen LogP contribution >= 0.6 is 11.3 Å². The number of piperidine rings is 1. The first kappa shape index (κ1) is 21.5. The highest BCUT2D eigenvalue weighted by atomic mass is 32.2. The molecule has 156 valence electrons. The molecule has 9 heteroatoms. The fourth-order valence-electron chi connectivity index (χ4n) is 3.16. The molecule has 7 nitrogen and oxygen atoms in total. The molecule has 1 aliphatic rings. The number of hydrogen-bond donors (Lipinski definition) is 2. The minimum atomic E-state index is -3.47. The second-order valence-electron chi connectivity index (χ2n) is 7.25. The molecule has 29 heavy (non-hydrogen) atoms. The number of nitrogens with one attached hydrogen (secondary N) is 2. The fraction of sp³-hybridized carbons (Fsp3) is 0.400. The van der Waals surface area contributed by atoms with E-state index in [2.05, 4.69) is 17.6 Å². The number of rotatable bonds is 6. The number of carbonyl (C=O) groups is 2. The number of thiophene rings is 1. The topological polar surface area (TPSA) is 95.6 Å². The van der Waals surface area contributed by atoms with E-state index in [9.17, 15) is 18.0 Å². The van der Waals surface area contributed by atoms with Gasteiger partial charge in [-0.05, 0) is 49.1 Å². The van der Waals surface area contributed by atoms with Gasteiger partial charge in [0, 0.05) is 36.1 Å². The molecule has 1 fully saturated rings. The smallest absolute Gasteiger partial charge is 0.252 e. The normalized spacial score (nSPS) is 15.8. The summed E-state index contributed by atoms with van der Waals surface area (Å²) < 4.78 is 27.5. The molecule has 1 aromatic heterocycles. The third-order valence-electron chi connectivity index (χ3n) is 4.84. The Morgan fingerprint density at radius 2 is 1.90 bits per heavy atom. The van der Waals surface area contributed by atoms with Crippen LogP contribution < -0.4 is 10.6 Å². The largest absolute Gasteiger partial charge is 0.347 e. The summed E-state index contributed by atoms with van der Waals surface area (Å²) in [6, 6.07) is 9.99. The van der Waals surface area contributed by atoms with Crippen LogP contribution in [0.15, 0.2) is 40.6 Å². The molecule has 2 amide bonds. The Kier molecular flexibility index (Phi) is 6.71. The number of anilines is 1. The standard InChI is InChI=1S/C20H25N3O4S2/c1-14-8-10-23(11-9-14)29(26,27)19-7-6-18(28-19)13-21-20(25)16-4-3-5-17(12-16)22-15(2)24/h3-7,12,14H,8-11,13H2,1-2H3,(H,21,25)(H,22,24). The van der Waals surface area contributed by atoms with Crippen molar-refractivity contribution in [1.29, 1.82) is 0 Å². The zero-order valence-electron chi connectivity index (χ0n) is 16.5. The molecule has 1 aliphatic heterocycles. The quantitative estimate of drug-likeness (QED) is 0.729. The predicted octanol–water partition coefficient (Wildman–Crippen LogP) is 3.06. The minimum absolute atomic E-state index is 0.210. The van der Waals surface area contributed by atoms with Gasteiger partial charge < -0.3 is 10.6 Å². The van der Waals surface area contributed by atoms with Gasteiger partial charge in [-0.3, -0.25) is 9.59 Å². The van der Waals surface area contributed by atoms with Crippen LogP contribution in [0.1, 0.15) is 41.9 Å². The highest BCUT2D eigenvalue weighted by molar-refractivity contribution is 7.91. The second-order valence-corrected chi connectivity index (χ2v) is 10.6. The average molecular weight is 436 g/mol. The Balaban J connectivity index is 1.62. The Morgan fingerprint density at radius 3 is 2.59 bits per heavy atom. The monoisotopic (exact) mass is 435 g/mol. The van der Waals surface area contributed by atoms with Crippen LogP contribution in [0.3, 0.4) is 0 Å². The van der Waals surface area contributed by atoms with E-state index in [1.165, 1.54) is 18.3 Å². The Hall–Kier alpha value is -2.23. The molecule has 2 aromatic rings. The highest BCUT2D eigenvalue weighted by Crippen LogP contribution is 2.28. The van der Waals surface area contributed by atoms with Gasteiger partial charge in [0.05, 0.1) is 6.54 Å². The maximum absolute atomic E-state index is 12.8. The Morgan fingerprint density at radius 1 is 1.17 bits per heavy atom. The summed E-state index contributed by atoms with van der Waals surface area (Å²) in [5, 5.41) is 5.44. The van der Waals surface area contributed by atoms with Gasteiger partial charge in [0.25, 0.3) is 15.9 Å². The van der Waals surface area contributed by atoms with Crippen molar-refractivity contribution in [1.82, 2.24) is 9.62 Å². The summed E-state index contributed by atoms with van der Waals surface area (Å²) in [6.07, 6.45) is 1.76. The summed E-state index contributed by atoms with van der Waals surface area (Å²) in [5.74, 6) is 0.0535. The first-order chi connectivity index (χ1) is 13.8. The molecular weight excluding hydrogens is 410 g/mol. The van der Waals surface area contributed by atoms with Crippen molar-refractivity contribution in [2.75, 3.05) is 18.4 Å². The van der Waals surface area contributed by atoms with Crippen LogP contribution in [0.4, 0.5) is 5.69 Å². The van der Waals surface area contributed by atoms with Gasteiger partial charge in [-0.25, -0.2) is 8.42 Å². The molecule has 1 saturated heterocycles. The molecule has 0 radical (unpaired) electrons. The van der Waals surface area contributed by atoms with Crippen molar-refractivity contribution >= 4 is 38.9 Å². The van der Waals surface area contributed by atoms with Crippen molar-refractivity contribution < 1.29 is 18.0 Å². The number of sulfonamides is 1. The lowest BCUT2D eigenvalue weighted by Gasteiger charge is -2.28. The van der Waals surface area contributed by atoms with E-state index >= 15 is 0 Å². The van der Waals surface area contributed by atoms with Crippen LogP contribution in [0.2, 0.25) is 0 Å².